The Balaban J connectivity index is 1.33. The van der Waals surface area contributed by atoms with Crippen molar-refractivity contribution in [1.82, 2.24) is 9.99 Å². The zero-order chi connectivity index (χ0) is 34.4. The minimum absolute atomic E-state index is 0.0583. The highest BCUT2D eigenvalue weighted by molar-refractivity contribution is 6.33. The number of carbonyl (C=O) groups is 4. The quantitative estimate of drug-likeness (QED) is 0.248. The molecule has 3 heterocycles. The summed E-state index contributed by atoms with van der Waals surface area (Å²) in [5.41, 5.74) is -1.08. The molecule has 14 heteroatoms. The Bertz CT molecular complexity index is 1940. The fourth-order valence-corrected chi connectivity index (χ4v) is 8.63. The number of carbonyl (C=O) groups excluding carboxylic acids is 4. The summed E-state index contributed by atoms with van der Waals surface area (Å²) in [6.07, 6.45) is -2.84. The van der Waals surface area contributed by atoms with Crippen LogP contribution in [0.4, 0.5) is 24.7 Å². The van der Waals surface area contributed by atoms with Gasteiger partial charge in [0.2, 0.25) is 11.8 Å². The number of phenolic OH excluding ortho intramolecular Hbond substituents is 1. The average molecular weight is 700 g/mol. The molecule has 0 spiro atoms. The van der Waals surface area contributed by atoms with Crippen LogP contribution in [-0.2, 0) is 25.4 Å². The van der Waals surface area contributed by atoms with Crippen LogP contribution in [0.25, 0.3) is 0 Å². The van der Waals surface area contributed by atoms with Gasteiger partial charge in [-0.3, -0.25) is 24.2 Å². The number of anilines is 2. The predicted molar refractivity (Wildman–Crippen MR) is 169 cm³/mol. The molecular formula is C34H27Cl2F3N4O5. The number of aromatic hydroxyl groups is 1. The first-order valence-electron chi connectivity index (χ1n) is 15.1. The van der Waals surface area contributed by atoms with Gasteiger partial charge in [-0.15, -0.1) is 0 Å². The molecule has 4 amide bonds. The topological polar surface area (TPSA) is 111 Å². The van der Waals surface area contributed by atoms with Crippen molar-refractivity contribution < 1.29 is 37.5 Å². The second kappa shape index (κ2) is 11.1. The fraction of sp³-hybridized carbons (Fsp3) is 0.324. The normalized spacial score (nSPS) is 28.3. The lowest BCUT2D eigenvalue weighted by atomic mass is 9.51. The van der Waals surface area contributed by atoms with Crippen LogP contribution in [0.5, 0.6) is 5.75 Å². The van der Waals surface area contributed by atoms with E-state index in [1.807, 2.05) is 6.08 Å². The highest BCUT2D eigenvalue weighted by Crippen LogP contribution is 2.64. The number of para-hydroxylation sites is 1. The molecule has 1 saturated carbocycles. The van der Waals surface area contributed by atoms with Crippen LogP contribution in [0, 0.1) is 29.1 Å². The molecule has 4 aliphatic rings. The van der Waals surface area contributed by atoms with E-state index in [0.717, 1.165) is 21.0 Å². The Morgan fingerprint density at radius 2 is 1.65 bits per heavy atom. The van der Waals surface area contributed by atoms with Crippen molar-refractivity contribution in [1.29, 1.82) is 0 Å². The molecule has 3 fully saturated rings. The van der Waals surface area contributed by atoms with Crippen molar-refractivity contribution in [3.8, 4) is 5.75 Å². The third-order valence-electron chi connectivity index (χ3n) is 10.3. The maximum atomic E-state index is 14.4. The lowest BCUT2D eigenvalue weighted by Gasteiger charge is -2.49. The number of amides is 4. The number of nitrogens with zero attached hydrogens (tertiary/aromatic N) is 4. The summed E-state index contributed by atoms with van der Waals surface area (Å²) in [7, 11) is 1.24. The van der Waals surface area contributed by atoms with Crippen LogP contribution >= 0.6 is 23.2 Å². The van der Waals surface area contributed by atoms with Crippen molar-refractivity contribution in [2.45, 2.75) is 31.9 Å². The number of benzene rings is 2. The van der Waals surface area contributed by atoms with Crippen LogP contribution < -0.4 is 9.91 Å². The number of phenols is 1. The number of hydrogen-bond acceptors (Lipinski definition) is 7. The Hall–Kier alpha value is -4.42. The van der Waals surface area contributed by atoms with Crippen molar-refractivity contribution in [2.24, 2.45) is 29.1 Å². The van der Waals surface area contributed by atoms with Crippen molar-refractivity contribution in [2.75, 3.05) is 17.0 Å². The van der Waals surface area contributed by atoms with E-state index < -0.39 is 76.3 Å². The summed E-state index contributed by atoms with van der Waals surface area (Å²) >= 11 is 12.9. The molecule has 2 saturated heterocycles. The minimum atomic E-state index is -4.80. The van der Waals surface area contributed by atoms with Gasteiger partial charge in [0.15, 0.2) is 5.82 Å². The van der Waals surface area contributed by atoms with Gasteiger partial charge < -0.3 is 5.11 Å². The third-order valence-corrected chi connectivity index (χ3v) is 10.9. The molecule has 0 unspecified atom stereocenters. The largest absolute Gasteiger partial charge is 0.508 e. The van der Waals surface area contributed by atoms with E-state index in [1.165, 1.54) is 19.2 Å². The lowest BCUT2D eigenvalue weighted by Crippen LogP contribution is -2.49. The van der Waals surface area contributed by atoms with Gasteiger partial charge in [0.05, 0.1) is 33.9 Å². The maximum absolute atomic E-state index is 14.4. The number of halogens is 5. The molecule has 2 aliphatic carbocycles. The monoisotopic (exact) mass is 698 g/mol. The third kappa shape index (κ3) is 4.56. The zero-order valence-corrected chi connectivity index (χ0v) is 26.9. The number of hydrogen-bond donors (Lipinski definition) is 1. The average Bonchev–Trinajstić information content (AvgIpc) is 3.40. The molecule has 1 aromatic heterocycles. The number of imide groups is 2. The van der Waals surface area contributed by atoms with Gasteiger partial charge in [-0.25, -0.2) is 9.88 Å². The van der Waals surface area contributed by atoms with Crippen LogP contribution in [0.2, 0.25) is 10.0 Å². The molecular weight excluding hydrogens is 672 g/mol. The summed E-state index contributed by atoms with van der Waals surface area (Å²) in [6, 6.07) is 14.5. The van der Waals surface area contributed by atoms with Crippen LogP contribution in [0.15, 0.2) is 72.3 Å². The number of hydrazine groups is 1. The van der Waals surface area contributed by atoms with E-state index >= 15 is 0 Å². The number of allylic oxidation sites excluding steroid dienone is 2. The number of aromatic nitrogens is 1. The molecule has 2 aliphatic heterocycles. The fourth-order valence-electron chi connectivity index (χ4n) is 8.12. The van der Waals surface area contributed by atoms with Crippen molar-refractivity contribution >= 4 is 58.3 Å². The number of alkyl halides is 3. The van der Waals surface area contributed by atoms with E-state index in [1.54, 1.807) is 43.3 Å². The van der Waals surface area contributed by atoms with E-state index in [0.29, 0.717) is 22.9 Å². The van der Waals surface area contributed by atoms with E-state index in [-0.39, 0.29) is 28.6 Å². The molecule has 3 aromatic rings. The number of pyridine rings is 1. The van der Waals surface area contributed by atoms with E-state index in [2.05, 4.69) is 4.98 Å². The highest BCUT2D eigenvalue weighted by atomic mass is 35.5. The standard InChI is InChI=1S/C34H27Cl2F3N4O5/c1-33-22(30(46)42(32(33)48)16-6-4-3-5-7-16)15-21-18(27(33)19-9-8-17(44)14-24(19)36)10-11-20-26(21)31(47)43(29(20)45)41(2)28-23(35)12-13-25(40-28)34(37,38)39/h3-10,12-14,20-22,26-27,44H,11,15H2,1-2H3/t20-,21+,22-,26-,27+,33+/m0/s1. The minimum Gasteiger partial charge on any atom is -0.508 e. The first-order valence-corrected chi connectivity index (χ1v) is 15.9. The SMILES string of the molecule is CN(c1nc(C(F)(F)F)ccc1Cl)N1C(=O)[C@H]2[C@H](CC=C3[C@H]2C[C@H]2C(=O)N(c4ccccc4)C(=O)[C@@]2(C)[C@H]3c2ccc(O)cc2Cl)C1=O. The summed E-state index contributed by atoms with van der Waals surface area (Å²) in [5.74, 6) is -7.10. The molecule has 6 atom stereocenters. The summed E-state index contributed by atoms with van der Waals surface area (Å²) in [6.45, 7) is 1.71. The molecule has 2 aromatic carbocycles. The summed E-state index contributed by atoms with van der Waals surface area (Å²) < 4.78 is 40.6. The smallest absolute Gasteiger partial charge is 0.433 e. The predicted octanol–water partition coefficient (Wildman–Crippen LogP) is 6.39. The van der Waals surface area contributed by atoms with Crippen LogP contribution in [-0.4, -0.2) is 45.8 Å². The van der Waals surface area contributed by atoms with Crippen LogP contribution in [0.3, 0.4) is 0 Å². The van der Waals surface area contributed by atoms with Gasteiger partial charge in [0, 0.05) is 18.0 Å². The Morgan fingerprint density at radius 3 is 2.31 bits per heavy atom. The molecule has 0 radical (unpaired) electrons. The number of rotatable bonds is 4. The zero-order valence-electron chi connectivity index (χ0n) is 25.4. The second-order valence-electron chi connectivity index (χ2n) is 12.7. The van der Waals surface area contributed by atoms with Gasteiger partial charge in [0.25, 0.3) is 11.8 Å². The second-order valence-corrected chi connectivity index (χ2v) is 13.5. The van der Waals surface area contributed by atoms with Gasteiger partial charge in [-0.05, 0) is 67.6 Å². The Labute approximate surface area is 282 Å². The first kappa shape index (κ1) is 32.1. The summed E-state index contributed by atoms with van der Waals surface area (Å²) in [4.78, 5) is 61.6. The Kier molecular flexibility index (Phi) is 7.41. The molecule has 0 bridgehead atoms. The molecule has 1 N–H and O–H groups in total. The number of fused-ring (bicyclic) bond motifs is 4. The van der Waals surface area contributed by atoms with Crippen LogP contribution in [0.1, 0.15) is 36.9 Å². The van der Waals surface area contributed by atoms with E-state index in [4.69, 9.17) is 23.2 Å². The Morgan fingerprint density at radius 1 is 0.938 bits per heavy atom. The molecule has 7 rings (SSSR count). The maximum Gasteiger partial charge on any atom is 0.433 e. The summed E-state index contributed by atoms with van der Waals surface area (Å²) in [5, 5.41) is 11.8. The lowest BCUT2D eigenvalue weighted by molar-refractivity contribution is -0.141. The van der Waals surface area contributed by atoms with Gasteiger partial charge in [0.1, 0.15) is 11.4 Å². The molecule has 48 heavy (non-hydrogen) atoms. The first-order chi connectivity index (χ1) is 22.7. The van der Waals surface area contributed by atoms with Crippen molar-refractivity contribution in [3.05, 3.63) is 93.6 Å². The highest BCUT2D eigenvalue weighted by Gasteiger charge is 2.68. The molecule has 248 valence electrons. The van der Waals surface area contributed by atoms with Crippen molar-refractivity contribution in [3.63, 3.8) is 0 Å². The van der Waals surface area contributed by atoms with Gasteiger partial charge >= 0.3 is 6.18 Å². The van der Waals surface area contributed by atoms with Gasteiger partial charge in [-0.1, -0.05) is 59.1 Å². The van der Waals surface area contributed by atoms with E-state index in [9.17, 15) is 37.5 Å². The molecule has 9 nitrogen and oxygen atoms in total. The van der Waals surface area contributed by atoms with Gasteiger partial charge in [-0.2, -0.15) is 18.2 Å².